The Labute approximate surface area is 134 Å². The van der Waals surface area contributed by atoms with Crippen molar-refractivity contribution in [1.82, 2.24) is 4.57 Å². The van der Waals surface area contributed by atoms with Crippen molar-refractivity contribution in [2.24, 2.45) is 7.05 Å². The summed E-state index contributed by atoms with van der Waals surface area (Å²) in [5.41, 5.74) is 1.02. The van der Waals surface area contributed by atoms with Gasteiger partial charge in [0.15, 0.2) is 0 Å². The van der Waals surface area contributed by atoms with Gasteiger partial charge in [0, 0.05) is 18.7 Å². The lowest BCUT2D eigenvalue weighted by Gasteiger charge is -2.12. The molecule has 23 heavy (non-hydrogen) atoms. The number of aliphatic hydroxyl groups is 1. The molecule has 0 saturated heterocycles. The first-order valence-corrected chi connectivity index (χ1v) is 7.29. The molecule has 2 rings (SSSR count). The van der Waals surface area contributed by atoms with E-state index in [1.54, 1.807) is 13.0 Å². The number of nitro groups is 1. The maximum Gasteiger partial charge on any atom is 0.292 e. The molecular weight excluding hydrogens is 300 g/mol. The van der Waals surface area contributed by atoms with Crippen molar-refractivity contribution in [2.45, 2.75) is 13.5 Å². The molecule has 0 aliphatic heterocycles. The summed E-state index contributed by atoms with van der Waals surface area (Å²) in [5, 5.41) is 22.8. The molecule has 1 aromatic heterocycles. The van der Waals surface area contributed by atoms with Crippen molar-refractivity contribution < 1.29 is 19.3 Å². The van der Waals surface area contributed by atoms with Crippen LogP contribution in [0.4, 0.5) is 11.4 Å². The zero-order valence-corrected chi connectivity index (χ0v) is 13.2. The van der Waals surface area contributed by atoms with Crippen LogP contribution in [-0.4, -0.2) is 34.4 Å². The highest BCUT2D eigenvalue weighted by molar-refractivity contribution is 5.66. The maximum absolute atomic E-state index is 11.1. The highest BCUT2D eigenvalue weighted by atomic mass is 16.6. The Morgan fingerprint density at radius 2 is 2.26 bits per heavy atom. The van der Waals surface area contributed by atoms with Crippen LogP contribution in [0.1, 0.15) is 5.56 Å². The normalized spacial score (nSPS) is 10.6. The number of benzene rings is 1. The van der Waals surface area contributed by atoms with Crippen molar-refractivity contribution in [3.8, 4) is 5.75 Å². The average molecular weight is 321 g/mol. The second kappa shape index (κ2) is 7.59. The van der Waals surface area contributed by atoms with Gasteiger partial charge < -0.3 is 15.2 Å². The summed E-state index contributed by atoms with van der Waals surface area (Å²) in [6.07, 6.45) is 5.83. The van der Waals surface area contributed by atoms with Gasteiger partial charge in [0.1, 0.15) is 37.0 Å². The molecule has 2 N–H and O–H groups in total. The Hall–Kier alpha value is -2.61. The molecule has 0 aliphatic carbocycles. The molecule has 0 bridgehead atoms. The van der Waals surface area contributed by atoms with Crippen molar-refractivity contribution in [2.75, 3.05) is 25.1 Å². The van der Waals surface area contributed by atoms with E-state index in [0.717, 1.165) is 0 Å². The summed E-state index contributed by atoms with van der Waals surface area (Å²) in [4.78, 5) is 10.7. The predicted octanol–water partition coefficient (Wildman–Crippen LogP) is 1.01. The number of nitrogens with zero attached hydrogens (tertiary/aromatic N) is 3. The molecule has 0 unspecified atom stereocenters. The standard InChI is InChI=1S/C15H21N4O4/c1-12-9-14(19(21)22)13(16-3-7-20)10-15(12)23-8-6-18-5-4-17(2)11-18/h4-5,9-11,16,20H,3,6-8H2,1-2H3/q+1. The van der Waals surface area contributed by atoms with Gasteiger partial charge in [-0.3, -0.25) is 10.1 Å². The van der Waals surface area contributed by atoms with Crippen LogP contribution >= 0.6 is 0 Å². The van der Waals surface area contributed by atoms with Crippen LogP contribution in [0, 0.1) is 17.0 Å². The summed E-state index contributed by atoms with van der Waals surface area (Å²) >= 11 is 0. The number of rotatable bonds is 8. The fourth-order valence-electron chi connectivity index (χ4n) is 2.21. The molecule has 2 aromatic rings. The summed E-state index contributed by atoms with van der Waals surface area (Å²) < 4.78 is 9.68. The fourth-order valence-corrected chi connectivity index (χ4v) is 2.21. The Kier molecular flexibility index (Phi) is 5.53. The molecule has 0 atom stereocenters. The number of aromatic nitrogens is 2. The Morgan fingerprint density at radius 3 is 2.87 bits per heavy atom. The van der Waals surface area contributed by atoms with Crippen LogP contribution in [0.15, 0.2) is 30.9 Å². The van der Waals surface area contributed by atoms with E-state index in [-0.39, 0.29) is 18.8 Å². The van der Waals surface area contributed by atoms with E-state index in [9.17, 15) is 10.1 Å². The highest BCUT2D eigenvalue weighted by Crippen LogP contribution is 2.32. The number of nitrogens with one attached hydrogen (secondary N) is 1. The van der Waals surface area contributed by atoms with Crippen molar-refractivity contribution >= 4 is 11.4 Å². The number of hydrogen-bond acceptors (Lipinski definition) is 5. The number of aliphatic hydroxyl groups excluding tert-OH is 1. The third-order valence-electron chi connectivity index (χ3n) is 3.35. The van der Waals surface area contributed by atoms with Crippen molar-refractivity contribution in [3.05, 3.63) is 46.5 Å². The van der Waals surface area contributed by atoms with Gasteiger partial charge in [0.25, 0.3) is 5.69 Å². The molecule has 0 radical (unpaired) electrons. The zero-order valence-electron chi connectivity index (χ0n) is 13.2. The number of nitro benzene ring substituents is 1. The quantitative estimate of drug-likeness (QED) is 0.430. The minimum Gasteiger partial charge on any atom is -0.489 e. The lowest BCUT2D eigenvalue weighted by Crippen LogP contribution is -2.34. The first-order chi connectivity index (χ1) is 11.0. The smallest absolute Gasteiger partial charge is 0.292 e. The maximum atomic E-state index is 11.1. The highest BCUT2D eigenvalue weighted by Gasteiger charge is 2.17. The van der Waals surface area contributed by atoms with E-state index in [1.807, 2.05) is 34.9 Å². The topological polar surface area (TPSA) is 93.4 Å². The zero-order chi connectivity index (χ0) is 16.8. The van der Waals surface area contributed by atoms with E-state index in [1.165, 1.54) is 6.07 Å². The summed E-state index contributed by atoms with van der Waals surface area (Å²) in [5.74, 6) is 0.590. The SMILES string of the molecule is Cc1cc([N+](=O)[O-])c(NCCO)cc1OCC[n+]1ccn(C)c1. The fraction of sp³-hybridized carbons (Fsp3) is 0.400. The number of ether oxygens (including phenoxy) is 1. The minimum absolute atomic E-state index is 0.0271. The monoisotopic (exact) mass is 321 g/mol. The molecule has 8 heteroatoms. The van der Waals surface area contributed by atoms with Gasteiger partial charge in [-0.25, -0.2) is 9.13 Å². The molecule has 8 nitrogen and oxygen atoms in total. The van der Waals surface area contributed by atoms with E-state index in [0.29, 0.717) is 30.2 Å². The third kappa shape index (κ3) is 4.43. The second-order valence-electron chi connectivity index (χ2n) is 5.21. The number of hydrogen-bond donors (Lipinski definition) is 2. The molecule has 1 aromatic carbocycles. The van der Waals surface area contributed by atoms with Crippen LogP contribution < -0.4 is 14.6 Å². The van der Waals surface area contributed by atoms with Crippen LogP contribution in [0.2, 0.25) is 0 Å². The average Bonchev–Trinajstić information content (AvgIpc) is 2.92. The van der Waals surface area contributed by atoms with Crippen LogP contribution in [-0.2, 0) is 13.6 Å². The molecule has 0 amide bonds. The van der Waals surface area contributed by atoms with Gasteiger partial charge in [0.2, 0.25) is 6.33 Å². The second-order valence-corrected chi connectivity index (χ2v) is 5.21. The van der Waals surface area contributed by atoms with Crippen molar-refractivity contribution in [1.29, 1.82) is 0 Å². The summed E-state index contributed by atoms with van der Waals surface area (Å²) in [7, 11) is 1.94. The lowest BCUT2D eigenvalue weighted by atomic mass is 10.1. The molecule has 0 spiro atoms. The third-order valence-corrected chi connectivity index (χ3v) is 3.35. The van der Waals surface area contributed by atoms with E-state index < -0.39 is 4.92 Å². The van der Waals surface area contributed by atoms with E-state index >= 15 is 0 Å². The Balaban J connectivity index is 2.09. The van der Waals surface area contributed by atoms with Gasteiger partial charge in [-0.2, -0.15) is 0 Å². The predicted molar refractivity (Wildman–Crippen MR) is 84.5 cm³/mol. The number of anilines is 1. The van der Waals surface area contributed by atoms with Crippen LogP contribution in [0.5, 0.6) is 5.75 Å². The van der Waals surface area contributed by atoms with E-state index in [2.05, 4.69) is 5.32 Å². The van der Waals surface area contributed by atoms with Crippen LogP contribution in [0.25, 0.3) is 0 Å². The minimum atomic E-state index is -0.448. The van der Waals surface area contributed by atoms with Gasteiger partial charge in [-0.1, -0.05) is 0 Å². The lowest BCUT2D eigenvalue weighted by molar-refractivity contribution is -0.697. The Bertz CT molecular complexity index is 684. The van der Waals surface area contributed by atoms with Crippen molar-refractivity contribution in [3.63, 3.8) is 0 Å². The van der Waals surface area contributed by atoms with Gasteiger partial charge in [-0.05, 0) is 12.5 Å². The summed E-state index contributed by atoms with van der Waals surface area (Å²) in [6.45, 7) is 3.03. The molecule has 0 saturated carbocycles. The molecule has 124 valence electrons. The number of imidazole rings is 1. The van der Waals surface area contributed by atoms with Gasteiger partial charge in [-0.15, -0.1) is 0 Å². The molecule has 0 fully saturated rings. The van der Waals surface area contributed by atoms with E-state index in [4.69, 9.17) is 9.84 Å². The molecule has 1 heterocycles. The van der Waals surface area contributed by atoms with Gasteiger partial charge in [0.05, 0.1) is 18.6 Å². The van der Waals surface area contributed by atoms with Crippen LogP contribution in [0.3, 0.4) is 0 Å². The Morgan fingerprint density at radius 1 is 1.48 bits per heavy atom. The largest absolute Gasteiger partial charge is 0.489 e. The molecular formula is C15H21N4O4+. The number of aryl methyl sites for hydroxylation is 2. The molecule has 0 aliphatic rings. The summed E-state index contributed by atoms with van der Waals surface area (Å²) in [6, 6.07) is 3.09. The first-order valence-electron chi connectivity index (χ1n) is 7.29. The first kappa shape index (κ1) is 16.8. The van der Waals surface area contributed by atoms with Gasteiger partial charge >= 0.3 is 0 Å².